The third kappa shape index (κ3) is 4.29. The number of nitrogens with zero attached hydrogens (tertiary/aromatic N) is 2. The highest BCUT2D eigenvalue weighted by atomic mass is 32.2. The van der Waals surface area contributed by atoms with Gasteiger partial charge in [0, 0.05) is 37.4 Å². The lowest BCUT2D eigenvalue weighted by Gasteiger charge is -2.30. The van der Waals surface area contributed by atoms with Crippen LogP contribution in [-0.4, -0.2) is 36.9 Å². The Balaban J connectivity index is 1.67. The normalized spacial score (nSPS) is 16.3. The van der Waals surface area contributed by atoms with Crippen LogP contribution >= 0.6 is 0 Å². The fraction of sp³-hybridized carbons (Fsp3) is 0.278. The average Bonchev–Trinajstić information content (AvgIpc) is 2.63. The number of benzene rings is 2. The first-order chi connectivity index (χ1) is 11.7. The second-order valence-electron chi connectivity index (χ2n) is 5.73. The van der Waals surface area contributed by atoms with Crippen LogP contribution < -0.4 is 15.0 Å². The number of rotatable bonds is 5. The SMILES string of the molecule is Cc1ccc([S+]([O-])N/N=C/c2ccccc2N2CCNCC2)cc1. The van der Waals surface area contributed by atoms with Gasteiger partial charge in [0.15, 0.2) is 4.90 Å². The van der Waals surface area contributed by atoms with Crippen molar-refractivity contribution in [3.8, 4) is 0 Å². The summed E-state index contributed by atoms with van der Waals surface area (Å²) >= 11 is -1.35. The van der Waals surface area contributed by atoms with E-state index in [2.05, 4.69) is 26.2 Å². The summed E-state index contributed by atoms with van der Waals surface area (Å²) in [6.07, 6.45) is 1.74. The third-order valence-electron chi connectivity index (χ3n) is 3.97. The molecule has 3 rings (SSSR count). The predicted molar refractivity (Wildman–Crippen MR) is 99.8 cm³/mol. The van der Waals surface area contributed by atoms with E-state index in [-0.39, 0.29) is 0 Å². The molecule has 1 aliphatic heterocycles. The summed E-state index contributed by atoms with van der Waals surface area (Å²) in [6.45, 7) is 5.94. The van der Waals surface area contributed by atoms with Crippen molar-refractivity contribution in [2.45, 2.75) is 11.8 Å². The molecule has 0 bridgehead atoms. The fourth-order valence-electron chi connectivity index (χ4n) is 2.65. The van der Waals surface area contributed by atoms with Crippen molar-refractivity contribution in [1.82, 2.24) is 10.1 Å². The quantitative estimate of drug-likeness (QED) is 0.496. The summed E-state index contributed by atoms with van der Waals surface area (Å²) in [5, 5.41) is 7.53. The molecular weight excluding hydrogens is 320 g/mol. The van der Waals surface area contributed by atoms with Crippen LogP contribution in [0.2, 0.25) is 0 Å². The van der Waals surface area contributed by atoms with Crippen LogP contribution in [0.1, 0.15) is 11.1 Å². The molecule has 1 saturated heterocycles. The van der Waals surface area contributed by atoms with Crippen LogP contribution in [-0.2, 0) is 11.4 Å². The van der Waals surface area contributed by atoms with Gasteiger partial charge in [0.1, 0.15) is 11.4 Å². The number of piperazine rings is 1. The molecular formula is C18H22N4OS. The first-order valence-electron chi connectivity index (χ1n) is 8.06. The van der Waals surface area contributed by atoms with Gasteiger partial charge in [-0.1, -0.05) is 35.9 Å². The zero-order chi connectivity index (χ0) is 16.8. The smallest absolute Gasteiger partial charge is 0.181 e. The first kappa shape index (κ1) is 16.8. The number of nitrogens with one attached hydrogen (secondary N) is 2. The maximum atomic E-state index is 12.2. The summed E-state index contributed by atoms with van der Waals surface area (Å²) in [5.74, 6) is 0. The van der Waals surface area contributed by atoms with E-state index in [1.165, 1.54) is 0 Å². The van der Waals surface area contributed by atoms with Gasteiger partial charge in [0.05, 0.1) is 6.21 Å². The van der Waals surface area contributed by atoms with Crippen molar-refractivity contribution in [3.05, 3.63) is 59.7 Å². The third-order valence-corrected chi connectivity index (χ3v) is 4.94. The Labute approximate surface area is 146 Å². The maximum absolute atomic E-state index is 12.2. The van der Waals surface area contributed by atoms with Gasteiger partial charge >= 0.3 is 0 Å². The molecule has 1 heterocycles. The molecule has 24 heavy (non-hydrogen) atoms. The highest BCUT2D eigenvalue weighted by Gasteiger charge is 2.13. The summed E-state index contributed by atoms with van der Waals surface area (Å²) in [7, 11) is 0. The number of para-hydroxylation sites is 1. The van der Waals surface area contributed by atoms with Crippen LogP contribution in [0.4, 0.5) is 5.69 Å². The summed E-state index contributed by atoms with van der Waals surface area (Å²) in [6, 6.07) is 15.7. The Kier molecular flexibility index (Phi) is 5.74. The van der Waals surface area contributed by atoms with Crippen LogP contribution in [0.25, 0.3) is 0 Å². The zero-order valence-electron chi connectivity index (χ0n) is 13.7. The molecule has 0 aromatic heterocycles. The van der Waals surface area contributed by atoms with Crippen molar-refractivity contribution >= 4 is 23.3 Å². The molecule has 2 N–H and O–H groups in total. The largest absolute Gasteiger partial charge is 0.587 e. The molecule has 0 aliphatic carbocycles. The van der Waals surface area contributed by atoms with Gasteiger partial charge < -0.3 is 14.8 Å². The Bertz CT molecular complexity index is 684. The van der Waals surface area contributed by atoms with Crippen molar-refractivity contribution in [2.24, 2.45) is 5.10 Å². The molecule has 1 aliphatic rings. The van der Waals surface area contributed by atoms with E-state index in [0.29, 0.717) is 4.90 Å². The minimum atomic E-state index is -1.35. The molecule has 1 atom stereocenters. The Hall–Kier alpha value is -2.02. The van der Waals surface area contributed by atoms with E-state index in [9.17, 15) is 4.55 Å². The van der Waals surface area contributed by atoms with Crippen molar-refractivity contribution in [3.63, 3.8) is 0 Å². The fourth-order valence-corrected chi connectivity index (χ4v) is 3.29. The molecule has 6 heteroatoms. The van der Waals surface area contributed by atoms with E-state index in [1.807, 2.05) is 49.4 Å². The van der Waals surface area contributed by atoms with Gasteiger partial charge in [-0.3, -0.25) is 0 Å². The standard InChI is InChI=1S/C18H22N4OS/c1-15-6-8-17(9-7-15)24(23)21-20-14-16-4-2-3-5-18(16)22-12-10-19-11-13-22/h2-9,14,19,21H,10-13H2,1H3/b20-14+. The van der Waals surface area contributed by atoms with E-state index in [4.69, 9.17) is 0 Å². The number of hydrogen-bond donors (Lipinski definition) is 2. The predicted octanol–water partition coefficient (Wildman–Crippen LogP) is 2.05. The van der Waals surface area contributed by atoms with Crippen LogP contribution in [0.15, 0.2) is 58.5 Å². The maximum Gasteiger partial charge on any atom is 0.181 e. The molecule has 2 aromatic rings. The number of hydrazone groups is 1. The van der Waals surface area contributed by atoms with Crippen LogP contribution in [0.5, 0.6) is 0 Å². The lowest BCUT2D eigenvalue weighted by molar-refractivity contribution is 0.583. The molecule has 126 valence electrons. The lowest BCUT2D eigenvalue weighted by atomic mass is 10.1. The minimum Gasteiger partial charge on any atom is -0.587 e. The topological polar surface area (TPSA) is 62.7 Å². The van der Waals surface area contributed by atoms with Gasteiger partial charge in [-0.25, -0.2) is 0 Å². The van der Waals surface area contributed by atoms with E-state index >= 15 is 0 Å². The number of hydrogen-bond acceptors (Lipinski definition) is 5. The monoisotopic (exact) mass is 342 g/mol. The van der Waals surface area contributed by atoms with Gasteiger partial charge in [-0.05, 0) is 25.1 Å². The molecule has 0 radical (unpaired) electrons. The van der Waals surface area contributed by atoms with Crippen LogP contribution in [0.3, 0.4) is 0 Å². The second-order valence-corrected chi connectivity index (χ2v) is 6.92. The van der Waals surface area contributed by atoms with Gasteiger partial charge in [0.2, 0.25) is 0 Å². The molecule has 0 spiro atoms. The molecule has 1 fully saturated rings. The molecule has 5 nitrogen and oxygen atoms in total. The van der Waals surface area contributed by atoms with E-state index in [0.717, 1.165) is 43.0 Å². The van der Waals surface area contributed by atoms with Crippen molar-refractivity contribution in [2.75, 3.05) is 31.1 Å². The van der Waals surface area contributed by atoms with E-state index < -0.39 is 11.4 Å². The summed E-state index contributed by atoms with van der Waals surface area (Å²) in [5.41, 5.74) is 3.32. The molecule has 0 saturated carbocycles. The van der Waals surface area contributed by atoms with Crippen LogP contribution in [0, 0.1) is 6.92 Å². The Morgan fingerprint density at radius 3 is 2.58 bits per heavy atom. The highest BCUT2D eigenvalue weighted by molar-refractivity contribution is 7.89. The van der Waals surface area contributed by atoms with Gasteiger partial charge in [0.25, 0.3) is 0 Å². The van der Waals surface area contributed by atoms with Crippen molar-refractivity contribution in [1.29, 1.82) is 0 Å². The van der Waals surface area contributed by atoms with E-state index in [1.54, 1.807) is 6.21 Å². The van der Waals surface area contributed by atoms with Gasteiger partial charge in [-0.2, -0.15) is 0 Å². The summed E-state index contributed by atoms with van der Waals surface area (Å²) < 4.78 is 12.2. The molecule has 2 aromatic carbocycles. The van der Waals surface area contributed by atoms with Crippen molar-refractivity contribution < 1.29 is 4.55 Å². The molecule has 0 amide bonds. The Morgan fingerprint density at radius 2 is 1.83 bits per heavy atom. The number of anilines is 1. The second kappa shape index (κ2) is 8.19. The zero-order valence-corrected chi connectivity index (χ0v) is 14.6. The lowest BCUT2D eigenvalue weighted by Crippen LogP contribution is -2.43. The van der Waals surface area contributed by atoms with Gasteiger partial charge in [-0.15, -0.1) is 9.93 Å². The number of aryl methyl sites for hydroxylation is 1. The average molecular weight is 342 g/mol. The first-order valence-corrected chi connectivity index (χ1v) is 9.21. The Morgan fingerprint density at radius 1 is 1.12 bits per heavy atom. The highest BCUT2D eigenvalue weighted by Crippen LogP contribution is 2.19. The minimum absolute atomic E-state index is 0.716. The summed E-state index contributed by atoms with van der Waals surface area (Å²) in [4.78, 5) is 5.77. The molecule has 1 unspecified atom stereocenters.